The number of nitrogens with zero attached hydrogens (tertiary/aromatic N) is 1. The number of rotatable bonds is 15. The molecule has 1 heterocycles. The molecule has 218 valence electrons. The predicted molar refractivity (Wildman–Crippen MR) is 151 cm³/mol. The van der Waals surface area contributed by atoms with Crippen molar-refractivity contribution in [3.8, 4) is 0 Å². The first-order valence-corrected chi connectivity index (χ1v) is 13.4. The number of carbonyl (C=O) groups excluding carboxylic acids is 6. The highest BCUT2D eigenvalue weighted by Gasteiger charge is 2.37. The van der Waals surface area contributed by atoms with Crippen LogP contribution in [0.1, 0.15) is 32.3 Å². The molecule has 0 aromatic heterocycles. The van der Waals surface area contributed by atoms with Crippen molar-refractivity contribution in [2.24, 2.45) is 11.7 Å². The summed E-state index contributed by atoms with van der Waals surface area (Å²) >= 11 is 0. The fourth-order valence-corrected chi connectivity index (χ4v) is 4.00. The van der Waals surface area contributed by atoms with Crippen molar-refractivity contribution in [1.29, 1.82) is 0 Å². The van der Waals surface area contributed by atoms with Crippen LogP contribution in [0.5, 0.6) is 0 Å². The van der Waals surface area contributed by atoms with Crippen LogP contribution in [0.25, 0.3) is 0 Å². The van der Waals surface area contributed by atoms with E-state index in [1.807, 2.05) is 9.24 Å². The molecule has 0 aliphatic carbocycles. The minimum absolute atomic E-state index is 0.0865. The van der Waals surface area contributed by atoms with Gasteiger partial charge in [0, 0.05) is 24.4 Å². The molecule has 1 aromatic rings. The van der Waals surface area contributed by atoms with Crippen LogP contribution in [0, 0.1) is 5.92 Å². The van der Waals surface area contributed by atoms with Crippen LogP contribution in [-0.2, 0) is 35.3 Å². The van der Waals surface area contributed by atoms with Crippen LogP contribution in [-0.4, -0.2) is 78.4 Å². The van der Waals surface area contributed by atoms with E-state index in [1.165, 1.54) is 0 Å². The van der Waals surface area contributed by atoms with Gasteiger partial charge in [-0.05, 0) is 59.3 Å². The van der Waals surface area contributed by atoms with E-state index in [0.29, 0.717) is 25.1 Å². The molecule has 0 fully saturated rings. The Morgan fingerprint density at radius 1 is 0.975 bits per heavy atom. The topological polar surface area (TPSA) is 189 Å². The molecule has 5 amide bonds. The van der Waals surface area contributed by atoms with Crippen LogP contribution in [0.15, 0.2) is 36.4 Å². The first-order chi connectivity index (χ1) is 19.0. The highest BCUT2D eigenvalue weighted by Crippen LogP contribution is 2.14. The van der Waals surface area contributed by atoms with Gasteiger partial charge in [-0.25, -0.2) is 4.79 Å². The third-order valence-electron chi connectivity index (χ3n) is 6.08. The molecule has 0 saturated carbocycles. The average Bonchev–Trinajstić information content (AvgIpc) is 3.24. The minimum Gasteiger partial charge on any atom is -0.458 e. The zero-order chi connectivity index (χ0) is 29.8. The van der Waals surface area contributed by atoms with E-state index < -0.39 is 59.3 Å². The van der Waals surface area contributed by atoms with Gasteiger partial charge in [-0.2, -0.15) is 0 Å². The molecule has 0 radical (unpaired) electrons. The Morgan fingerprint density at radius 3 is 2.12 bits per heavy atom. The maximum Gasteiger partial charge on any atom is 0.320 e. The quantitative estimate of drug-likeness (QED) is 0.109. The third-order valence-corrected chi connectivity index (χ3v) is 6.25. The zero-order valence-corrected chi connectivity index (χ0v) is 23.9. The van der Waals surface area contributed by atoms with Gasteiger partial charge in [0.25, 0.3) is 11.8 Å². The van der Waals surface area contributed by atoms with Gasteiger partial charge in [-0.1, -0.05) is 26.0 Å². The van der Waals surface area contributed by atoms with Gasteiger partial charge < -0.3 is 31.7 Å². The Balaban J connectivity index is 2.12. The molecule has 4 atom stereocenters. The van der Waals surface area contributed by atoms with Crippen LogP contribution >= 0.6 is 9.24 Å². The number of nitrogens with two attached hydrogens (primary N) is 1. The first kappa shape index (κ1) is 32.5. The number of hydrogen-bond donors (Lipinski definition) is 5. The average molecular weight is 577 g/mol. The summed E-state index contributed by atoms with van der Waals surface area (Å²) in [5, 5.41) is 11.1. The number of ether oxygens (including phenoxy) is 1. The third kappa shape index (κ3) is 9.51. The van der Waals surface area contributed by atoms with E-state index >= 15 is 0 Å². The maximum absolute atomic E-state index is 13.3. The Labute approximate surface area is 235 Å². The maximum atomic E-state index is 13.3. The number of carbonyl (C=O) groups is 6. The Morgan fingerprint density at radius 2 is 1.60 bits per heavy atom. The van der Waals surface area contributed by atoms with Crippen LogP contribution in [0.3, 0.4) is 0 Å². The van der Waals surface area contributed by atoms with E-state index in [9.17, 15) is 28.8 Å². The van der Waals surface area contributed by atoms with Crippen molar-refractivity contribution < 1.29 is 33.5 Å². The van der Waals surface area contributed by atoms with E-state index in [0.717, 1.165) is 22.6 Å². The monoisotopic (exact) mass is 576 g/mol. The highest BCUT2D eigenvalue weighted by atomic mass is 31.0. The van der Waals surface area contributed by atoms with Crippen molar-refractivity contribution >= 4 is 50.2 Å². The summed E-state index contributed by atoms with van der Waals surface area (Å²) in [7, 11) is 3.70. The second-order valence-corrected chi connectivity index (χ2v) is 9.93. The Kier molecular flexibility index (Phi) is 12.9. The molecule has 0 saturated heterocycles. The SMILES string of the molecule is CNCCCC(NC(=O)C(NC(=O)C(CN)N1C(=O)C=CC1=O)C(C)C)C(=O)Nc1ccc(COC(=O)P)cc1. The van der Waals surface area contributed by atoms with Gasteiger partial charge >= 0.3 is 5.71 Å². The molecule has 13 nitrogen and oxygen atoms in total. The molecule has 1 aliphatic heterocycles. The lowest BCUT2D eigenvalue weighted by Crippen LogP contribution is -2.60. The molecule has 14 heteroatoms. The van der Waals surface area contributed by atoms with Gasteiger partial charge in [0.05, 0.1) is 0 Å². The van der Waals surface area contributed by atoms with E-state index in [4.69, 9.17) is 10.5 Å². The molecule has 1 aromatic carbocycles. The summed E-state index contributed by atoms with van der Waals surface area (Å²) < 4.78 is 4.92. The number of amides is 5. The standard InChI is InChI=1S/C26H37N6O7P/c1-15(2)22(31-24(36)19(13-27)32-20(33)10-11-21(32)34)25(37)30-18(5-4-12-28-3)23(35)29-17-8-6-16(7-9-17)14-39-26(38)40/h6-11,15,18-19,22,28H,4-5,12-14,27,40H2,1-3H3,(H,29,35)(H,30,37)(H,31,36). The van der Waals surface area contributed by atoms with E-state index in [1.54, 1.807) is 45.2 Å². The number of hydrogen-bond acceptors (Lipinski definition) is 9. The second-order valence-electron chi connectivity index (χ2n) is 9.46. The number of benzene rings is 1. The summed E-state index contributed by atoms with van der Waals surface area (Å²) in [5.74, 6) is -3.54. The largest absolute Gasteiger partial charge is 0.458 e. The van der Waals surface area contributed by atoms with E-state index in [-0.39, 0.29) is 13.2 Å². The van der Waals surface area contributed by atoms with Gasteiger partial charge in [0.1, 0.15) is 24.7 Å². The lowest BCUT2D eigenvalue weighted by molar-refractivity contribution is -0.145. The van der Waals surface area contributed by atoms with Crippen molar-refractivity contribution in [2.45, 2.75) is 51.4 Å². The second kappa shape index (κ2) is 15.8. The predicted octanol–water partition coefficient (Wildman–Crippen LogP) is 0.0143. The summed E-state index contributed by atoms with van der Waals surface area (Å²) in [6.45, 7) is 3.79. The zero-order valence-electron chi connectivity index (χ0n) is 22.8. The molecule has 0 bridgehead atoms. The number of imide groups is 1. The fourth-order valence-electron chi connectivity index (χ4n) is 3.91. The van der Waals surface area contributed by atoms with Crippen molar-refractivity contribution in [2.75, 3.05) is 25.5 Å². The fraction of sp³-hybridized carbons (Fsp3) is 0.462. The van der Waals surface area contributed by atoms with Gasteiger partial charge in [-0.3, -0.25) is 28.9 Å². The van der Waals surface area contributed by atoms with Gasteiger partial charge in [0.2, 0.25) is 17.7 Å². The van der Waals surface area contributed by atoms with E-state index in [2.05, 4.69) is 21.3 Å². The molecule has 40 heavy (non-hydrogen) atoms. The highest BCUT2D eigenvalue weighted by molar-refractivity contribution is 7.39. The van der Waals surface area contributed by atoms with Crippen molar-refractivity contribution in [3.63, 3.8) is 0 Å². The lowest BCUT2D eigenvalue weighted by atomic mass is 10.0. The summed E-state index contributed by atoms with van der Waals surface area (Å²) in [6.07, 6.45) is 2.99. The molecule has 6 N–H and O–H groups in total. The van der Waals surface area contributed by atoms with Gasteiger partial charge in [0.15, 0.2) is 0 Å². The lowest BCUT2D eigenvalue weighted by Gasteiger charge is -2.29. The molecular formula is C26H37N6O7P. The first-order valence-electron chi connectivity index (χ1n) is 12.8. The smallest absolute Gasteiger partial charge is 0.320 e. The van der Waals surface area contributed by atoms with Crippen molar-refractivity contribution in [3.05, 3.63) is 42.0 Å². The van der Waals surface area contributed by atoms with Crippen LogP contribution in [0.2, 0.25) is 0 Å². The molecular weight excluding hydrogens is 539 g/mol. The van der Waals surface area contributed by atoms with Crippen molar-refractivity contribution in [1.82, 2.24) is 20.9 Å². The van der Waals surface area contributed by atoms with Gasteiger partial charge in [-0.15, -0.1) is 0 Å². The molecule has 0 spiro atoms. The summed E-state index contributed by atoms with van der Waals surface area (Å²) in [6, 6.07) is 3.41. The molecule has 4 unspecified atom stereocenters. The molecule has 2 rings (SSSR count). The Hall–Kier alpha value is -3.67. The van der Waals surface area contributed by atoms with Crippen LogP contribution < -0.4 is 27.0 Å². The minimum atomic E-state index is -1.29. The summed E-state index contributed by atoms with van der Waals surface area (Å²) in [5.41, 5.74) is 6.41. The number of nitrogens with one attached hydrogen (secondary N) is 4. The van der Waals surface area contributed by atoms with Crippen LogP contribution in [0.4, 0.5) is 10.5 Å². The number of anilines is 1. The normalized spacial score (nSPS) is 15.0. The molecule has 1 aliphatic rings. The Bertz CT molecular complexity index is 1110. The summed E-state index contributed by atoms with van der Waals surface area (Å²) in [4.78, 5) is 75.3.